The molecule has 14 heteroatoms. The molecule has 2 aromatic carbocycles. The summed E-state index contributed by atoms with van der Waals surface area (Å²) in [5.41, 5.74) is 0.718. The Morgan fingerprint density at radius 3 is 2.58 bits per heavy atom. The summed E-state index contributed by atoms with van der Waals surface area (Å²) in [6.45, 7) is -0.339. The van der Waals surface area contributed by atoms with Gasteiger partial charge in [0.2, 0.25) is 18.2 Å². The monoisotopic (exact) mass is 652 g/mol. The fraction of sp³-hybridized carbons (Fsp3) is 0.419. The van der Waals surface area contributed by atoms with Crippen LogP contribution < -0.4 is 5.32 Å². The number of likely N-dealkylation sites (tertiary alicyclic amines) is 2. The molecule has 0 spiro atoms. The van der Waals surface area contributed by atoms with Crippen molar-refractivity contribution in [1.82, 2.24) is 19.7 Å². The molecule has 2 atom stereocenters. The summed E-state index contributed by atoms with van der Waals surface area (Å²) in [5.74, 6) is -7.40. The third-order valence-corrected chi connectivity index (χ3v) is 8.58. The largest absolute Gasteiger partial charge is 0.350 e. The minimum absolute atomic E-state index is 0.0829. The fourth-order valence-electron chi connectivity index (χ4n) is 5.96. The molecule has 8 nitrogen and oxygen atoms in total. The standard InChI is InChI=1S/C31H30ClF5N4O4/c1-17(42)22-14-40(24-7-6-18(10-21(22)24)30(45)39-9-3-8-31(36,37)16-39)15-26(43)41-13-20(28(34)35)11-25(41)29(44)38-12-19-4-2-5-23(32)27(19)33/h2,4-7,10,14,20,25,28H,3,8-9,11-13,15-16H2,1H3,(H,38,44). The van der Waals surface area contributed by atoms with E-state index < -0.39 is 67.5 Å². The van der Waals surface area contributed by atoms with Crippen molar-refractivity contribution in [2.24, 2.45) is 5.92 Å². The first-order valence-electron chi connectivity index (χ1n) is 14.3. The van der Waals surface area contributed by atoms with Gasteiger partial charge in [-0.3, -0.25) is 19.2 Å². The summed E-state index contributed by atoms with van der Waals surface area (Å²) in [4.78, 5) is 54.3. The number of aromatic nitrogens is 1. The molecule has 2 aliphatic rings. The number of rotatable bonds is 8. The molecule has 240 valence electrons. The average molecular weight is 653 g/mol. The van der Waals surface area contributed by atoms with Crippen LogP contribution in [-0.4, -0.2) is 75.9 Å². The van der Waals surface area contributed by atoms with Crippen LogP contribution in [0.5, 0.6) is 0 Å². The van der Waals surface area contributed by atoms with Gasteiger partial charge < -0.3 is 19.7 Å². The number of piperidine rings is 1. The molecule has 1 N–H and O–H groups in total. The Kier molecular flexibility index (Phi) is 9.20. The zero-order chi connectivity index (χ0) is 32.6. The maximum absolute atomic E-state index is 14.3. The molecule has 2 saturated heterocycles. The van der Waals surface area contributed by atoms with E-state index in [-0.39, 0.29) is 59.8 Å². The van der Waals surface area contributed by atoms with Crippen molar-refractivity contribution in [3.05, 3.63) is 70.1 Å². The van der Waals surface area contributed by atoms with E-state index in [0.717, 1.165) is 9.80 Å². The predicted octanol–water partition coefficient (Wildman–Crippen LogP) is 5.31. The lowest BCUT2D eigenvalue weighted by Gasteiger charge is -2.32. The third kappa shape index (κ3) is 6.82. The maximum atomic E-state index is 14.3. The first-order valence-corrected chi connectivity index (χ1v) is 14.7. The van der Waals surface area contributed by atoms with Crippen molar-refractivity contribution >= 4 is 46.0 Å². The first-order chi connectivity index (χ1) is 21.3. The molecule has 3 amide bonds. The minimum atomic E-state index is -2.99. The van der Waals surface area contributed by atoms with Crippen LogP contribution in [0.15, 0.2) is 42.6 Å². The molecule has 3 aromatic rings. The number of amides is 3. The minimum Gasteiger partial charge on any atom is -0.350 e. The molecule has 5 rings (SSSR count). The van der Waals surface area contributed by atoms with Gasteiger partial charge in [0.05, 0.1) is 11.6 Å². The van der Waals surface area contributed by atoms with Crippen LogP contribution in [0.3, 0.4) is 0 Å². The Morgan fingerprint density at radius 2 is 1.89 bits per heavy atom. The van der Waals surface area contributed by atoms with Gasteiger partial charge in [-0.05, 0) is 44.0 Å². The molecule has 2 aliphatic heterocycles. The molecule has 2 fully saturated rings. The van der Waals surface area contributed by atoms with E-state index in [1.807, 2.05) is 0 Å². The number of Topliss-reactive ketones (excluding diaryl/α,β-unsaturated/α-hetero) is 1. The molecular formula is C31H30ClF5N4O4. The SMILES string of the molecule is CC(=O)c1cn(CC(=O)N2CC(C(F)F)CC2C(=O)NCc2cccc(Cl)c2F)c2ccc(C(=O)N3CCCC(F)(F)C3)cc12. The summed E-state index contributed by atoms with van der Waals surface area (Å²) < 4.78 is 71.0. The second-order valence-corrected chi connectivity index (χ2v) is 11.9. The van der Waals surface area contributed by atoms with Crippen molar-refractivity contribution in [3.8, 4) is 0 Å². The number of fused-ring (bicyclic) bond motifs is 1. The lowest BCUT2D eigenvalue weighted by atomic mass is 10.0. The van der Waals surface area contributed by atoms with Crippen molar-refractivity contribution in [1.29, 1.82) is 0 Å². The number of hydrogen-bond acceptors (Lipinski definition) is 4. The summed E-state index contributed by atoms with van der Waals surface area (Å²) in [6.07, 6.45) is -1.86. The second kappa shape index (κ2) is 12.8. The number of hydrogen-bond donors (Lipinski definition) is 1. The first kappa shape index (κ1) is 32.4. The van der Waals surface area contributed by atoms with Gasteiger partial charge in [-0.1, -0.05) is 23.7 Å². The smallest absolute Gasteiger partial charge is 0.265 e. The van der Waals surface area contributed by atoms with E-state index >= 15 is 0 Å². The summed E-state index contributed by atoms with van der Waals surface area (Å²) in [6, 6.07) is 7.30. The van der Waals surface area contributed by atoms with E-state index in [9.17, 15) is 41.1 Å². The van der Waals surface area contributed by atoms with Crippen LogP contribution in [0.4, 0.5) is 22.0 Å². The molecular weight excluding hydrogens is 623 g/mol. The maximum Gasteiger partial charge on any atom is 0.265 e. The van der Waals surface area contributed by atoms with Crippen molar-refractivity contribution in [2.45, 2.75) is 57.7 Å². The van der Waals surface area contributed by atoms with Gasteiger partial charge in [0.1, 0.15) is 18.4 Å². The van der Waals surface area contributed by atoms with Gasteiger partial charge in [-0.2, -0.15) is 0 Å². The molecule has 2 unspecified atom stereocenters. The average Bonchev–Trinajstić information content (AvgIpc) is 3.59. The molecule has 1 aromatic heterocycles. The number of carbonyl (C=O) groups excluding carboxylic acids is 4. The Morgan fingerprint density at radius 1 is 1.13 bits per heavy atom. The van der Waals surface area contributed by atoms with Gasteiger partial charge in [-0.15, -0.1) is 0 Å². The number of nitrogens with one attached hydrogen (secondary N) is 1. The van der Waals surface area contributed by atoms with Crippen LogP contribution in [0, 0.1) is 11.7 Å². The zero-order valence-electron chi connectivity index (χ0n) is 24.2. The van der Waals surface area contributed by atoms with E-state index in [1.54, 1.807) is 0 Å². The highest BCUT2D eigenvalue weighted by atomic mass is 35.5. The normalized spacial score (nSPS) is 19.7. The Balaban J connectivity index is 1.37. The van der Waals surface area contributed by atoms with Crippen LogP contribution in [0.2, 0.25) is 5.02 Å². The van der Waals surface area contributed by atoms with Gasteiger partial charge in [0.15, 0.2) is 5.78 Å². The van der Waals surface area contributed by atoms with Crippen molar-refractivity contribution in [3.63, 3.8) is 0 Å². The van der Waals surface area contributed by atoms with E-state index in [2.05, 4.69) is 5.32 Å². The lowest BCUT2D eigenvalue weighted by Crippen LogP contribution is -2.46. The lowest BCUT2D eigenvalue weighted by molar-refractivity contribution is -0.139. The quantitative estimate of drug-likeness (QED) is 0.264. The highest BCUT2D eigenvalue weighted by Gasteiger charge is 2.43. The topological polar surface area (TPSA) is 91.7 Å². The number of alkyl halides is 4. The van der Waals surface area contributed by atoms with E-state index in [0.29, 0.717) is 10.9 Å². The number of halogens is 6. The van der Waals surface area contributed by atoms with Crippen molar-refractivity contribution < 1.29 is 41.1 Å². The van der Waals surface area contributed by atoms with Crippen LogP contribution in [-0.2, 0) is 22.7 Å². The van der Waals surface area contributed by atoms with Gasteiger partial charge in [0, 0.05) is 65.8 Å². The molecule has 0 bridgehead atoms. The zero-order valence-corrected chi connectivity index (χ0v) is 24.9. The van der Waals surface area contributed by atoms with Gasteiger partial charge in [-0.25, -0.2) is 22.0 Å². The number of ketones is 1. The molecule has 45 heavy (non-hydrogen) atoms. The van der Waals surface area contributed by atoms with Crippen molar-refractivity contribution in [2.75, 3.05) is 19.6 Å². The second-order valence-electron chi connectivity index (χ2n) is 11.5. The van der Waals surface area contributed by atoms with Crippen LogP contribution >= 0.6 is 11.6 Å². The highest BCUT2D eigenvalue weighted by Crippen LogP contribution is 2.31. The highest BCUT2D eigenvalue weighted by molar-refractivity contribution is 6.30. The molecule has 0 saturated carbocycles. The third-order valence-electron chi connectivity index (χ3n) is 8.29. The van der Waals surface area contributed by atoms with Gasteiger partial charge >= 0.3 is 0 Å². The Labute approximate surface area is 260 Å². The fourth-order valence-corrected chi connectivity index (χ4v) is 6.15. The van der Waals surface area contributed by atoms with E-state index in [1.165, 1.54) is 54.1 Å². The summed E-state index contributed by atoms with van der Waals surface area (Å²) in [7, 11) is 0. The van der Waals surface area contributed by atoms with Crippen LogP contribution in [0.25, 0.3) is 10.9 Å². The van der Waals surface area contributed by atoms with Crippen LogP contribution in [0.1, 0.15) is 52.5 Å². The van der Waals surface area contributed by atoms with Gasteiger partial charge in [0.25, 0.3) is 11.8 Å². The molecule has 0 radical (unpaired) electrons. The number of nitrogens with zero attached hydrogens (tertiary/aromatic N) is 3. The predicted molar refractivity (Wildman–Crippen MR) is 155 cm³/mol. The number of carbonyl (C=O) groups is 4. The summed E-state index contributed by atoms with van der Waals surface area (Å²) >= 11 is 5.79. The number of benzene rings is 2. The van der Waals surface area contributed by atoms with E-state index in [4.69, 9.17) is 11.6 Å². The Hall–Kier alpha value is -4.00. The summed E-state index contributed by atoms with van der Waals surface area (Å²) in [5, 5.41) is 2.67. The molecule has 0 aliphatic carbocycles. The molecule has 3 heterocycles. The Bertz CT molecular complexity index is 1660.